The van der Waals surface area contributed by atoms with E-state index in [0.717, 1.165) is 16.8 Å². The third kappa shape index (κ3) is 5.13. The first kappa shape index (κ1) is 23.4. The zero-order valence-electron chi connectivity index (χ0n) is 18.7. The van der Waals surface area contributed by atoms with Crippen molar-refractivity contribution in [1.29, 1.82) is 0 Å². The van der Waals surface area contributed by atoms with Gasteiger partial charge in [-0.15, -0.1) is 6.58 Å². The fourth-order valence-corrected chi connectivity index (χ4v) is 4.52. The van der Waals surface area contributed by atoms with Gasteiger partial charge in [0.25, 0.3) is 0 Å². The molecule has 1 aliphatic heterocycles. The van der Waals surface area contributed by atoms with Crippen molar-refractivity contribution in [2.45, 2.75) is 25.5 Å². The maximum absolute atomic E-state index is 13.0. The Morgan fingerprint density at radius 2 is 1.94 bits per heavy atom. The SMILES string of the molecule is C=CCN1C(=O)[C@@H](CC(=O)Nc2ccc(OC)cc2OC)SC1=Nc1c(C)cccc1C. The van der Waals surface area contributed by atoms with Crippen LogP contribution in [0.2, 0.25) is 0 Å². The summed E-state index contributed by atoms with van der Waals surface area (Å²) in [6.45, 7) is 8.05. The highest BCUT2D eigenvalue weighted by molar-refractivity contribution is 8.15. The summed E-state index contributed by atoms with van der Waals surface area (Å²) < 4.78 is 10.5. The highest BCUT2D eigenvalue weighted by Crippen LogP contribution is 2.34. The number of thioether (sulfide) groups is 1. The molecule has 3 rings (SSSR count). The van der Waals surface area contributed by atoms with Gasteiger partial charge >= 0.3 is 0 Å². The average Bonchev–Trinajstić information content (AvgIpc) is 3.05. The van der Waals surface area contributed by atoms with Gasteiger partial charge in [-0.3, -0.25) is 14.5 Å². The molecular weight excluding hydrogens is 426 g/mol. The lowest BCUT2D eigenvalue weighted by Crippen LogP contribution is -2.33. The highest BCUT2D eigenvalue weighted by Gasteiger charge is 2.38. The van der Waals surface area contributed by atoms with Crippen LogP contribution in [-0.4, -0.2) is 47.9 Å². The molecule has 1 aliphatic rings. The Morgan fingerprint density at radius 3 is 2.56 bits per heavy atom. The van der Waals surface area contributed by atoms with E-state index in [-0.39, 0.29) is 18.2 Å². The monoisotopic (exact) mass is 453 g/mol. The summed E-state index contributed by atoms with van der Waals surface area (Å²) in [5.74, 6) is 0.658. The minimum atomic E-state index is -0.567. The highest BCUT2D eigenvalue weighted by atomic mass is 32.2. The number of amidine groups is 1. The van der Waals surface area contributed by atoms with Gasteiger partial charge in [0.2, 0.25) is 11.8 Å². The van der Waals surface area contributed by atoms with Crippen molar-refractivity contribution < 1.29 is 19.1 Å². The van der Waals surface area contributed by atoms with Crippen LogP contribution in [0, 0.1) is 13.8 Å². The van der Waals surface area contributed by atoms with Crippen LogP contribution in [0.3, 0.4) is 0 Å². The summed E-state index contributed by atoms with van der Waals surface area (Å²) in [6.07, 6.45) is 1.67. The second-order valence-electron chi connectivity index (χ2n) is 7.30. The summed E-state index contributed by atoms with van der Waals surface area (Å²) in [6, 6.07) is 11.1. The van der Waals surface area contributed by atoms with E-state index in [2.05, 4.69) is 11.9 Å². The number of carbonyl (C=O) groups excluding carboxylic acids is 2. The number of aliphatic imine (C=N–C) groups is 1. The van der Waals surface area contributed by atoms with Gasteiger partial charge in [0.05, 0.1) is 25.6 Å². The smallest absolute Gasteiger partial charge is 0.242 e. The number of rotatable bonds is 8. The number of aryl methyl sites for hydroxylation is 2. The number of benzene rings is 2. The van der Waals surface area contributed by atoms with E-state index >= 15 is 0 Å². The minimum absolute atomic E-state index is 0.0120. The van der Waals surface area contributed by atoms with Crippen LogP contribution < -0.4 is 14.8 Å². The second-order valence-corrected chi connectivity index (χ2v) is 8.47. The molecular formula is C24H27N3O4S. The quantitative estimate of drug-likeness (QED) is 0.597. The molecule has 8 heteroatoms. The van der Waals surface area contributed by atoms with Crippen LogP contribution in [-0.2, 0) is 9.59 Å². The van der Waals surface area contributed by atoms with Crippen LogP contribution in [0.1, 0.15) is 17.5 Å². The number of amides is 2. The Kier molecular flexibility index (Phi) is 7.58. The molecule has 32 heavy (non-hydrogen) atoms. The third-order valence-electron chi connectivity index (χ3n) is 5.03. The maximum atomic E-state index is 13.0. The lowest BCUT2D eigenvalue weighted by atomic mass is 10.1. The number of nitrogens with zero attached hydrogens (tertiary/aromatic N) is 2. The predicted molar refractivity (Wildman–Crippen MR) is 129 cm³/mol. The fraction of sp³-hybridized carbons (Fsp3) is 0.292. The summed E-state index contributed by atoms with van der Waals surface area (Å²) in [7, 11) is 3.08. The lowest BCUT2D eigenvalue weighted by Gasteiger charge is -2.15. The second kappa shape index (κ2) is 10.4. The molecule has 0 unspecified atom stereocenters. The number of carbonyl (C=O) groups is 2. The Hall–Kier alpha value is -3.26. The summed E-state index contributed by atoms with van der Waals surface area (Å²) in [4.78, 5) is 32.1. The standard InChI is InChI=1S/C24H27N3O4S/c1-6-12-27-23(29)20(32-24(27)26-22-15(2)8-7-9-16(22)3)14-21(28)25-18-11-10-17(30-4)13-19(18)31-5/h6-11,13,20H,1,12,14H2,2-5H3,(H,25,28)/t20-/m1/s1. The number of hydrogen-bond donors (Lipinski definition) is 1. The Labute approximate surface area is 192 Å². The molecule has 1 heterocycles. The number of ether oxygens (including phenoxy) is 2. The van der Waals surface area contributed by atoms with Crippen LogP contribution in [0.4, 0.5) is 11.4 Å². The van der Waals surface area contributed by atoms with Crippen molar-refractivity contribution in [2.24, 2.45) is 4.99 Å². The maximum Gasteiger partial charge on any atom is 0.242 e. The summed E-state index contributed by atoms with van der Waals surface area (Å²) in [5.41, 5.74) is 3.40. The van der Waals surface area contributed by atoms with Gasteiger partial charge in [0, 0.05) is 19.0 Å². The first-order chi connectivity index (χ1) is 15.4. The van der Waals surface area contributed by atoms with Gasteiger partial charge in [0.1, 0.15) is 16.7 Å². The fourth-order valence-electron chi connectivity index (χ4n) is 3.37. The van der Waals surface area contributed by atoms with Crippen molar-refractivity contribution in [3.05, 3.63) is 60.2 Å². The molecule has 1 atom stereocenters. The zero-order chi connectivity index (χ0) is 23.3. The first-order valence-electron chi connectivity index (χ1n) is 10.1. The minimum Gasteiger partial charge on any atom is -0.497 e. The topological polar surface area (TPSA) is 80.2 Å². The van der Waals surface area contributed by atoms with Gasteiger partial charge in [-0.2, -0.15) is 0 Å². The Morgan fingerprint density at radius 1 is 1.22 bits per heavy atom. The average molecular weight is 454 g/mol. The molecule has 0 radical (unpaired) electrons. The van der Waals surface area contributed by atoms with Gasteiger partial charge in [-0.05, 0) is 37.1 Å². The number of hydrogen-bond acceptors (Lipinski definition) is 6. The Balaban J connectivity index is 1.79. The van der Waals surface area contributed by atoms with E-state index in [1.54, 1.807) is 36.3 Å². The van der Waals surface area contributed by atoms with Gasteiger partial charge in [0.15, 0.2) is 5.17 Å². The van der Waals surface area contributed by atoms with Crippen LogP contribution in [0.5, 0.6) is 11.5 Å². The van der Waals surface area contributed by atoms with Gasteiger partial charge < -0.3 is 14.8 Å². The molecule has 1 N–H and O–H groups in total. The van der Waals surface area contributed by atoms with E-state index in [1.807, 2.05) is 32.0 Å². The Bertz CT molecular complexity index is 1050. The summed E-state index contributed by atoms with van der Waals surface area (Å²) in [5, 5.41) is 2.83. The molecule has 0 aliphatic carbocycles. The lowest BCUT2D eigenvalue weighted by molar-refractivity contribution is -0.127. The molecule has 0 aromatic heterocycles. The third-order valence-corrected chi connectivity index (χ3v) is 6.21. The van der Waals surface area contributed by atoms with E-state index < -0.39 is 5.25 Å². The van der Waals surface area contributed by atoms with E-state index in [0.29, 0.717) is 28.9 Å². The van der Waals surface area contributed by atoms with Crippen molar-refractivity contribution in [2.75, 3.05) is 26.1 Å². The normalized spacial score (nSPS) is 16.9. The largest absolute Gasteiger partial charge is 0.497 e. The molecule has 168 valence electrons. The molecule has 2 aromatic carbocycles. The molecule has 2 aromatic rings. The molecule has 1 saturated heterocycles. The first-order valence-corrected chi connectivity index (χ1v) is 11.0. The van der Waals surface area contributed by atoms with Crippen molar-refractivity contribution >= 4 is 40.1 Å². The van der Waals surface area contributed by atoms with Crippen LogP contribution in [0.25, 0.3) is 0 Å². The molecule has 7 nitrogen and oxygen atoms in total. The number of anilines is 1. The van der Waals surface area contributed by atoms with Crippen molar-refractivity contribution in [3.8, 4) is 11.5 Å². The van der Waals surface area contributed by atoms with Crippen molar-refractivity contribution in [1.82, 2.24) is 4.90 Å². The number of para-hydroxylation sites is 1. The predicted octanol–water partition coefficient (Wildman–Crippen LogP) is 4.47. The van der Waals surface area contributed by atoms with Crippen LogP contribution >= 0.6 is 11.8 Å². The molecule has 2 amide bonds. The summed E-state index contributed by atoms with van der Waals surface area (Å²) >= 11 is 1.30. The molecule has 0 bridgehead atoms. The zero-order valence-corrected chi connectivity index (χ0v) is 19.5. The molecule has 1 fully saturated rings. The molecule has 0 saturated carbocycles. The number of nitrogens with one attached hydrogen (secondary N) is 1. The van der Waals surface area contributed by atoms with Gasteiger partial charge in [-0.25, -0.2) is 4.99 Å². The van der Waals surface area contributed by atoms with Crippen molar-refractivity contribution in [3.63, 3.8) is 0 Å². The van der Waals surface area contributed by atoms with Gasteiger partial charge in [-0.1, -0.05) is 36.0 Å². The van der Waals surface area contributed by atoms with E-state index in [4.69, 9.17) is 14.5 Å². The van der Waals surface area contributed by atoms with E-state index in [1.165, 1.54) is 18.9 Å². The van der Waals surface area contributed by atoms with Crippen LogP contribution in [0.15, 0.2) is 54.0 Å². The molecule has 0 spiro atoms. The van der Waals surface area contributed by atoms with E-state index in [9.17, 15) is 9.59 Å². The number of methoxy groups -OCH3 is 2.